The van der Waals surface area contributed by atoms with Crippen LogP contribution in [0.4, 0.5) is 0 Å². The fraction of sp³-hybridized carbons (Fsp3) is 0.375. The summed E-state index contributed by atoms with van der Waals surface area (Å²) in [7, 11) is 0. The van der Waals surface area contributed by atoms with Gasteiger partial charge in [0.25, 0.3) is 0 Å². The van der Waals surface area contributed by atoms with Crippen molar-refractivity contribution in [2.75, 3.05) is 0 Å². The first-order valence-corrected chi connectivity index (χ1v) is 6.62. The number of aryl methyl sites for hydroxylation is 1. The lowest BCUT2D eigenvalue weighted by atomic mass is 9.84. The smallest absolute Gasteiger partial charge is 0.0156 e. The molecule has 0 aliphatic heterocycles. The highest BCUT2D eigenvalue weighted by molar-refractivity contribution is 6.31. The van der Waals surface area contributed by atoms with E-state index in [-0.39, 0.29) is 0 Å². The molecule has 17 heavy (non-hydrogen) atoms. The van der Waals surface area contributed by atoms with Crippen LogP contribution < -0.4 is 0 Å². The molecule has 0 saturated heterocycles. The number of halogens is 1. The van der Waals surface area contributed by atoms with Gasteiger partial charge in [0.05, 0.1) is 0 Å². The van der Waals surface area contributed by atoms with E-state index in [1.54, 1.807) is 0 Å². The van der Waals surface area contributed by atoms with Gasteiger partial charge < -0.3 is 0 Å². The molecule has 1 aliphatic carbocycles. The van der Waals surface area contributed by atoms with E-state index in [1.807, 2.05) is 13.0 Å². The molecule has 0 N–H and O–H groups in total. The predicted molar refractivity (Wildman–Crippen MR) is 77.3 cm³/mol. The molecule has 0 nitrogen and oxygen atoms in total. The molecule has 0 fully saturated rings. The lowest BCUT2D eigenvalue weighted by Gasteiger charge is -2.21. The summed E-state index contributed by atoms with van der Waals surface area (Å²) >= 11 is 6.00. The Morgan fingerprint density at radius 2 is 1.94 bits per heavy atom. The standard InChI is InChI=1S/C16H19Cl/c1-11(2)16-14(10-12(3)17)9-8-13-6-4-5-7-15(13)16/h8-10H,1,4-7H2,2-3H3/b12-10+. The van der Waals surface area contributed by atoms with E-state index in [9.17, 15) is 0 Å². The first-order valence-electron chi connectivity index (χ1n) is 6.24. The topological polar surface area (TPSA) is 0 Å². The quantitative estimate of drug-likeness (QED) is 0.673. The van der Waals surface area contributed by atoms with Crippen molar-refractivity contribution >= 4 is 23.3 Å². The van der Waals surface area contributed by atoms with Crippen molar-refractivity contribution in [1.82, 2.24) is 0 Å². The zero-order chi connectivity index (χ0) is 12.4. The average molecular weight is 247 g/mol. The van der Waals surface area contributed by atoms with Crippen molar-refractivity contribution in [2.45, 2.75) is 39.5 Å². The van der Waals surface area contributed by atoms with E-state index in [0.29, 0.717) is 0 Å². The van der Waals surface area contributed by atoms with Crippen molar-refractivity contribution in [3.05, 3.63) is 46.0 Å². The molecule has 0 bridgehead atoms. The first kappa shape index (κ1) is 12.4. The Bertz CT molecular complexity index is 477. The Kier molecular flexibility index (Phi) is 3.73. The van der Waals surface area contributed by atoms with Crippen molar-refractivity contribution in [1.29, 1.82) is 0 Å². The van der Waals surface area contributed by atoms with Crippen LogP contribution in [-0.2, 0) is 12.8 Å². The molecule has 1 aliphatic rings. The Labute approximate surface area is 109 Å². The van der Waals surface area contributed by atoms with E-state index < -0.39 is 0 Å². The molecule has 0 atom stereocenters. The zero-order valence-electron chi connectivity index (χ0n) is 10.6. The zero-order valence-corrected chi connectivity index (χ0v) is 11.4. The summed E-state index contributed by atoms with van der Waals surface area (Å²) < 4.78 is 0. The van der Waals surface area contributed by atoms with Gasteiger partial charge >= 0.3 is 0 Å². The molecule has 0 aromatic heterocycles. The maximum Gasteiger partial charge on any atom is 0.0156 e. The van der Waals surface area contributed by atoms with Crippen molar-refractivity contribution in [2.24, 2.45) is 0 Å². The maximum atomic E-state index is 6.00. The molecular formula is C16H19Cl. The van der Waals surface area contributed by atoms with Crippen LogP contribution in [0, 0.1) is 0 Å². The SMILES string of the molecule is C=C(C)c1c(/C=C(\C)Cl)ccc2c1CCCC2. The summed E-state index contributed by atoms with van der Waals surface area (Å²) in [6.07, 6.45) is 7.03. The van der Waals surface area contributed by atoms with E-state index in [4.69, 9.17) is 11.6 Å². The lowest BCUT2D eigenvalue weighted by Crippen LogP contribution is -2.07. The van der Waals surface area contributed by atoms with Gasteiger partial charge in [-0.25, -0.2) is 0 Å². The summed E-state index contributed by atoms with van der Waals surface area (Å²) in [5, 5.41) is 0.822. The third kappa shape index (κ3) is 2.63. The summed E-state index contributed by atoms with van der Waals surface area (Å²) in [6.45, 7) is 8.14. The van der Waals surface area contributed by atoms with Crippen molar-refractivity contribution in [3.63, 3.8) is 0 Å². The Morgan fingerprint density at radius 1 is 1.24 bits per heavy atom. The van der Waals surface area contributed by atoms with Gasteiger partial charge in [-0.3, -0.25) is 0 Å². The molecule has 0 saturated carbocycles. The largest absolute Gasteiger partial charge is 0.0955 e. The second-order valence-corrected chi connectivity index (χ2v) is 5.48. The molecule has 0 radical (unpaired) electrons. The van der Waals surface area contributed by atoms with Crippen LogP contribution in [0.5, 0.6) is 0 Å². The number of hydrogen-bond donors (Lipinski definition) is 0. The van der Waals surface area contributed by atoms with Crippen LogP contribution in [-0.4, -0.2) is 0 Å². The minimum absolute atomic E-state index is 0.822. The van der Waals surface area contributed by atoms with Gasteiger partial charge in [0.15, 0.2) is 0 Å². The van der Waals surface area contributed by atoms with Crippen LogP contribution in [0.3, 0.4) is 0 Å². The van der Waals surface area contributed by atoms with Gasteiger partial charge in [-0.2, -0.15) is 0 Å². The van der Waals surface area contributed by atoms with Gasteiger partial charge in [-0.1, -0.05) is 35.9 Å². The van der Waals surface area contributed by atoms with Gasteiger partial charge in [0, 0.05) is 5.03 Å². The number of allylic oxidation sites excluding steroid dienone is 2. The van der Waals surface area contributed by atoms with Crippen molar-refractivity contribution < 1.29 is 0 Å². The lowest BCUT2D eigenvalue weighted by molar-refractivity contribution is 0.684. The molecule has 90 valence electrons. The van der Waals surface area contributed by atoms with Crippen LogP contribution in [0.25, 0.3) is 11.6 Å². The van der Waals surface area contributed by atoms with E-state index in [1.165, 1.54) is 47.9 Å². The highest BCUT2D eigenvalue weighted by atomic mass is 35.5. The summed E-state index contributed by atoms with van der Waals surface area (Å²) in [5.41, 5.74) is 6.68. The molecule has 2 rings (SSSR count). The average Bonchev–Trinajstić information content (AvgIpc) is 2.27. The Hall–Kier alpha value is -1.01. The normalized spacial score (nSPS) is 15.6. The molecule has 0 heterocycles. The minimum atomic E-state index is 0.822. The second kappa shape index (κ2) is 5.10. The van der Waals surface area contributed by atoms with Gasteiger partial charge in [-0.15, -0.1) is 0 Å². The van der Waals surface area contributed by atoms with Crippen LogP contribution in [0.15, 0.2) is 23.7 Å². The Morgan fingerprint density at radius 3 is 2.59 bits per heavy atom. The highest BCUT2D eigenvalue weighted by Gasteiger charge is 2.15. The number of benzene rings is 1. The summed E-state index contributed by atoms with van der Waals surface area (Å²) in [6, 6.07) is 4.44. The monoisotopic (exact) mass is 246 g/mol. The summed E-state index contributed by atoms with van der Waals surface area (Å²) in [5.74, 6) is 0. The molecular weight excluding hydrogens is 228 g/mol. The fourth-order valence-electron chi connectivity index (χ4n) is 2.68. The van der Waals surface area contributed by atoms with Gasteiger partial charge in [-0.05, 0) is 67.9 Å². The molecule has 1 aromatic rings. The highest BCUT2D eigenvalue weighted by Crippen LogP contribution is 2.32. The first-order chi connectivity index (χ1) is 8.09. The van der Waals surface area contributed by atoms with E-state index >= 15 is 0 Å². The maximum absolute atomic E-state index is 6.00. The van der Waals surface area contributed by atoms with Crippen LogP contribution in [0.1, 0.15) is 48.9 Å². The minimum Gasteiger partial charge on any atom is -0.0955 e. The fourth-order valence-corrected chi connectivity index (χ4v) is 2.80. The van der Waals surface area contributed by atoms with E-state index in [2.05, 4.69) is 25.6 Å². The number of fused-ring (bicyclic) bond motifs is 1. The van der Waals surface area contributed by atoms with Crippen LogP contribution in [0.2, 0.25) is 0 Å². The molecule has 1 aromatic carbocycles. The summed E-state index contributed by atoms with van der Waals surface area (Å²) in [4.78, 5) is 0. The van der Waals surface area contributed by atoms with Gasteiger partial charge in [0.2, 0.25) is 0 Å². The number of hydrogen-bond acceptors (Lipinski definition) is 0. The third-order valence-electron chi connectivity index (χ3n) is 3.35. The van der Waals surface area contributed by atoms with E-state index in [0.717, 1.165) is 10.6 Å². The second-order valence-electron chi connectivity index (χ2n) is 4.89. The molecule has 0 amide bonds. The molecule has 0 unspecified atom stereocenters. The molecule has 1 heteroatoms. The Balaban J connectivity index is 2.62. The van der Waals surface area contributed by atoms with Crippen molar-refractivity contribution in [3.8, 4) is 0 Å². The predicted octanol–water partition coefficient (Wildman–Crippen LogP) is 5.20. The van der Waals surface area contributed by atoms with Gasteiger partial charge in [0.1, 0.15) is 0 Å². The number of rotatable bonds is 2. The van der Waals surface area contributed by atoms with Crippen LogP contribution >= 0.6 is 11.6 Å². The third-order valence-corrected chi connectivity index (χ3v) is 3.46. The molecule has 0 spiro atoms.